The van der Waals surface area contributed by atoms with E-state index in [1.165, 1.54) is 12.3 Å². The maximum absolute atomic E-state index is 12.0. The zero-order valence-corrected chi connectivity index (χ0v) is 10.9. The fourth-order valence-corrected chi connectivity index (χ4v) is 1.20. The third-order valence-electron chi connectivity index (χ3n) is 1.84. The molecule has 0 spiro atoms. The topological polar surface area (TPSA) is 60.5 Å². The smallest absolute Gasteiger partial charge is 0.407 e. The van der Waals surface area contributed by atoms with Crippen molar-refractivity contribution < 1.29 is 23.0 Å². The van der Waals surface area contributed by atoms with Gasteiger partial charge in [0.1, 0.15) is 5.60 Å². The Hall–Kier alpha value is -1.92. The number of hydrogen-bond acceptors (Lipinski definition) is 4. The van der Waals surface area contributed by atoms with Gasteiger partial charge in [-0.15, -0.1) is 0 Å². The van der Waals surface area contributed by atoms with Crippen LogP contribution >= 0.6 is 0 Å². The van der Waals surface area contributed by atoms with E-state index in [0.717, 1.165) is 0 Å². The Morgan fingerprint density at radius 3 is 2.74 bits per heavy atom. The highest BCUT2D eigenvalue weighted by molar-refractivity contribution is 5.67. The first-order valence-electron chi connectivity index (χ1n) is 5.63. The van der Waals surface area contributed by atoms with Crippen LogP contribution in [0, 0.1) is 0 Å². The van der Waals surface area contributed by atoms with Crippen LogP contribution in [0.15, 0.2) is 18.3 Å². The van der Waals surface area contributed by atoms with Crippen LogP contribution in [0.25, 0.3) is 0 Å². The molecule has 1 heterocycles. The fourth-order valence-electron chi connectivity index (χ4n) is 1.20. The minimum Gasteiger partial charge on any atom is -0.444 e. The van der Waals surface area contributed by atoms with Gasteiger partial charge in [0.2, 0.25) is 5.88 Å². The standard InChI is InChI=1S/C12H16F2N2O3/c1-12(2,3)19-11(17)16-7-8-4-5-15-9(6-8)18-10(13)14/h4-6,10H,7H2,1-3H3,(H,16,17). The van der Waals surface area contributed by atoms with Crippen molar-refractivity contribution in [2.24, 2.45) is 0 Å². The average molecular weight is 274 g/mol. The Balaban J connectivity index is 2.51. The third-order valence-corrected chi connectivity index (χ3v) is 1.84. The summed E-state index contributed by atoms with van der Waals surface area (Å²) in [5.74, 6) is -0.196. The van der Waals surface area contributed by atoms with Crippen molar-refractivity contribution >= 4 is 6.09 Å². The van der Waals surface area contributed by atoms with E-state index in [1.54, 1.807) is 26.8 Å². The minimum atomic E-state index is -2.93. The summed E-state index contributed by atoms with van der Waals surface area (Å²) < 4.78 is 33.2. The molecule has 106 valence electrons. The van der Waals surface area contributed by atoms with Gasteiger partial charge in [-0.05, 0) is 32.4 Å². The van der Waals surface area contributed by atoms with Crippen molar-refractivity contribution in [3.05, 3.63) is 23.9 Å². The summed E-state index contributed by atoms with van der Waals surface area (Å²) in [4.78, 5) is 15.0. The lowest BCUT2D eigenvalue weighted by Crippen LogP contribution is -2.32. The molecule has 0 saturated carbocycles. The molecule has 0 atom stereocenters. The van der Waals surface area contributed by atoms with Crippen molar-refractivity contribution in [2.45, 2.75) is 39.5 Å². The SMILES string of the molecule is CC(C)(C)OC(=O)NCc1ccnc(OC(F)F)c1. The average Bonchev–Trinajstić information content (AvgIpc) is 2.23. The number of carbonyl (C=O) groups is 1. The first kappa shape index (κ1) is 15.1. The number of halogens is 2. The van der Waals surface area contributed by atoms with Crippen molar-refractivity contribution in [3.63, 3.8) is 0 Å². The number of nitrogens with one attached hydrogen (secondary N) is 1. The highest BCUT2D eigenvalue weighted by atomic mass is 19.3. The van der Waals surface area contributed by atoms with E-state index in [-0.39, 0.29) is 12.4 Å². The zero-order valence-electron chi connectivity index (χ0n) is 10.9. The monoisotopic (exact) mass is 274 g/mol. The van der Waals surface area contributed by atoms with Gasteiger partial charge in [-0.1, -0.05) is 0 Å². The van der Waals surface area contributed by atoms with E-state index >= 15 is 0 Å². The van der Waals surface area contributed by atoms with E-state index in [2.05, 4.69) is 15.0 Å². The maximum atomic E-state index is 12.0. The Bertz CT molecular complexity index is 433. The first-order chi connectivity index (χ1) is 8.76. The van der Waals surface area contributed by atoms with Crippen LogP contribution in [0.5, 0.6) is 5.88 Å². The van der Waals surface area contributed by atoms with Crippen molar-refractivity contribution in [2.75, 3.05) is 0 Å². The molecule has 19 heavy (non-hydrogen) atoms. The number of alkyl halides is 2. The molecule has 0 aliphatic heterocycles. The fraction of sp³-hybridized carbons (Fsp3) is 0.500. The number of nitrogens with zero attached hydrogens (tertiary/aromatic N) is 1. The van der Waals surface area contributed by atoms with Crippen LogP contribution in [0.1, 0.15) is 26.3 Å². The van der Waals surface area contributed by atoms with E-state index in [1.807, 2.05) is 0 Å². The number of amides is 1. The molecule has 1 rings (SSSR count). The lowest BCUT2D eigenvalue weighted by molar-refractivity contribution is -0.0529. The lowest BCUT2D eigenvalue weighted by Gasteiger charge is -2.19. The van der Waals surface area contributed by atoms with Gasteiger partial charge < -0.3 is 14.8 Å². The number of aromatic nitrogens is 1. The van der Waals surface area contributed by atoms with Gasteiger partial charge in [0.15, 0.2) is 0 Å². The number of ether oxygens (including phenoxy) is 2. The normalized spacial score (nSPS) is 11.3. The predicted octanol–water partition coefficient (Wildman–Crippen LogP) is 2.71. The number of pyridine rings is 1. The molecule has 0 aliphatic carbocycles. The van der Waals surface area contributed by atoms with Crippen LogP contribution in [0.3, 0.4) is 0 Å². The molecule has 0 saturated heterocycles. The van der Waals surface area contributed by atoms with Crippen molar-refractivity contribution in [3.8, 4) is 5.88 Å². The van der Waals surface area contributed by atoms with Crippen molar-refractivity contribution in [1.82, 2.24) is 10.3 Å². The number of alkyl carbamates (subject to hydrolysis) is 1. The highest BCUT2D eigenvalue weighted by Gasteiger charge is 2.15. The first-order valence-corrected chi connectivity index (χ1v) is 5.63. The molecule has 1 aromatic heterocycles. The number of rotatable bonds is 4. The van der Waals surface area contributed by atoms with Crippen LogP contribution in [0.2, 0.25) is 0 Å². The highest BCUT2D eigenvalue weighted by Crippen LogP contribution is 2.12. The molecule has 5 nitrogen and oxygen atoms in total. The van der Waals surface area contributed by atoms with Gasteiger partial charge in [-0.3, -0.25) is 0 Å². The molecule has 0 bridgehead atoms. The summed E-state index contributed by atoms with van der Waals surface area (Å²) in [6.45, 7) is 2.44. The van der Waals surface area contributed by atoms with E-state index in [4.69, 9.17) is 4.74 Å². The van der Waals surface area contributed by atoms with Crippen LogP contribution in [-0.4, -0.2) is 23.3 Å². The molecule has 1 aromatic rings. The summed E-state index contributed by atoms with van der Waals surface area (Å²) in [5, 5.41) is 2.50. The second-order valence-electron chi connectivity index (χ2n) is 4.74. The minimum absolute atomic E-state index is 0.136. The molecule has 0 radical (unpaired) electrons. The van der Waals surface area contributed by atoms with Crippen molar-refractivity contribution in [1.29, 1.82) is 0 Å². The molecule has 1 N–H and O–H groups in total. The zero-order chi connectivity index (χ0) is 14.5. The van der Waals surface area contributed by atoms with E-state index in [0.29, 0.717) is 5.56 Å². The van der Waals surface area contributed by atoms with E-state index < -0.39 is 18.3 Å². The number of hydrogen-bond donors (Lipinski definition) is 1. The molecule has 0 unspecified atom stereocenters. The molecule has 7 heteroatoms. The quantitative estimate of drug-likeness (QED) is 0.917. The Morgan fingerprint density at radius 1 is 1.47 bits per heavy atom. The molecular weight excluding hydrogens is 258 g/mol. The maximum Gasteiger partial charge on any atom is 0.407 e. The van der Waals surface area contributed by atoms with Gasteiger partial charge in [-0.2, -0.15) is 8.78 Å². The van der Waals surface area contributed by atoms with Gasteiger partial charge in [-0.25, -0.2) is 9.78 Å². The third kappa shape index (κ3) is 6.54. The second-order valence-corrected chi connectivity index (χ2v) is 4.74. The molecular formula is C12H16F2N2O3. The Morgan fingerprint density at radius 2 is 2.16 bits per heavy atom. The molecule has 0 aromatic carbocycles. The molecule has 1 amide bonds. The van der Waals surface area contributed by atoms with Gasteiger partial charge in [0, 0.05) is 18.8 Å². The van der Waals surface area contributed by atoms with Gasteiger partial charge >= 0.3 is 12.7 Å². The Kier molecular flexibility index (Phi) is 5.02. The molecule has 0 fully saturated rings. The van der Waals surface area contributed by atoms with Crippen LogP contribution in [0.4, 0.5) is 13.6 Å². The Labute approximate surface area is 109 Å². The van der Waals surface area contributed by atoms with Crippen LogP contribution in [-0.2, 0) is 11.3 Å². The predicted molar refractivity (Wildman–Crippen MR) is 63.9 cm³/mol. The molecule has 0 aliphatic rings. The summed E-state index contributed by atoms with van der Waals surface area (Å²) in [6.07, 6.45) is 0.740. The number of carbonyl (C=O) groups excluding carboxylic acids is 1. The summed E-state index contributed by atoms with van der Waals surface area (Å²) in [5.41, 5.74) is -0.0109. The van der Waals surface area contributed by atoms with E-state index in [9.17, 15) is 13.6 Å². The second kappa shape index (κ2) is 6.31. The summed E-state index contributed by atoms with van der Waals surface area (Å²) >= 11 is 0. The largest absolute Gasteiger partial charge is 0.444 e. The summed E-state index contributed by atoms with van der Waals surface area (Å²) in [6, 6.07) is 2.90. The van der Waals surface area contributed by atoms with Crippen LogP contribution < -0.4 is 10.1 Å². The van der Waals surface area contributed by atoms with Gasteiger partial charge in [0.05, 0.1) is 0 Å². The lowest BCUT2D eigenvalue weighted by atomic mass is 10.2. The summed E-state index contributed by atoms with van der Waals surface area (Å²) in [7, 11) is 0. The van der Waals surface area contributed by atoms with Gasteiger partial charge in [0.25, 0.3) is 0 Å².